The maximum Gasteiger partial charge on any atom is 0.259 e. The number of H-pyrrole nitrogens is 1. The van der Waals surface area contributed by atoms with Crippen LogP contribution in [0.5, 0.6) is 5.88 Å². The third kappa shape index (κ3) is 3.17. The van der Waals surface area contributed by atoms with Crippen molar-refractivity contribution in [3.8, 4) is 17.3 Å². The summed E-state index contributed by atoms with van der Waals surface area (Å²) in [7, 11) is 1.48. The number of pyridine rings is 2. The molecule has 0 atom stereocenters. The van der Waals surface area contributed by atoms with Gasteiger partial charge in [-0.25, -0.2) is 9.97 Å². The highest BCUT2D eigenvalue weighted by atomic mass is 16.5. The van der Waals surface area contributed by atoms with Crippen LogP contribution in [0.25, 0.3) is 11.4 Å². The number of nitrogens with zero attached hydrogens (tertiary/aromatic N) is 4. The fraction of sp³-hybridized carbons (Fsp3) is 0.211. The summed E-state index contributed by atoms with van der Waals surface area (Å²) in [4.78, 5) is 42.5. The summed E-state index contributed by atoms with van der Waals surface area (Å²) in [5, 5.41) is 0. The van der Waals surface area contributed by atoms with Crippen LogP contribution in [-0.2, 0) is 13.0 Å². The van der Waals surface area contributed by atoms with Crippen molar-refractivity contribution in [3.63, 3.8) is 0 Å². The number of amides is 1. The molecule has 0 aromatic carbocycles. The van der Waals surface area contributed by atoms with E-state index in [-0.39, 0.29) is 23.9 Å². The molecule has 4 heterocycles. The number of aromatic amines is 1. The third-order valence-corrected chi connectivity index (χ3v) is 4.51. The zero-order valence-electron chi connectivity index (χ0n) is 14.7. The van der Waals surface area contributed by atoms with Crippen LogP contribution in [0.2, 0.25) is 0 Å². The molecule has 0 spiro atoms. The number of carbonyl (C=O) groups excluding carboxylic acids is 1. The van der Waals surface area contributed by atoms with Gasteiger partial charge in [-0.3, -0.25) is 14.6 Å². The van der Waals surface area contributed by atoms with Crippen LogP contribution in [0.1, 0.15) is 21.6 Å². The van der Waals surface area contributed by atoms with Gasteiger partial charge in [-0.05, 0) is 30.7 Å². The smallest absolute Gasteiger partial charge is 0.259 e. The number of fused-ring (bicyclic) bond motifs is 1. The zero-order valence-corrected chi connectivity index (χ0v) is 14.7. The summed E-state index contributed by atoms with van der Waals surface area (Å²) in [5.74, 6) is 0.553. The molecule has 136 valence electrons. The first-order valence-electron chi connectivity index (χ1n) is 8.48. The van der Waals surface area contributed by atoms with Crippen molar-refractivity contribution in [2.75, 3.05) is 13.7 Å². The fourth-order valence-electron chi connectivity index (χ4n) is 3.15. The molecular formula is C19H17N5O3. The summed E-state index contributed by atoms with van der Waals surface area (Å²) in [6.45, 7) is 0.692. The zero-order chi connectivity index (χ0) is 18.8. The SMILES string of the molecule is COc1ncccc1C(=O)N1CCc2c(nc(-c3ccncc3)[nH]c2=O)C1. The molecule has 1 aliphatic rings. The first kappa shape index (κ1) is 16.9. The molecule has 1 aliphatic heterocycles. The van der Waals surface area contributed by atoms with E-state index in [2.05, 4.69) is 19.9 Å². The van der Waals surface area contributed by atoms with Crippen molar-refractivity contribution in [1.29, 1.82) is 0 Å². The lowest BCUT2D eigenvalue weighted by Gasteiger charge is -2.28. The van der Waals surface area contributed by atoms with Gasteiger partial charge in [0.1, 0.15) is 11.4 Å². The molecule has 0 unspecified atom stereocenters. The standard InChI is InChI=1S/C19H17N5O3/c1-27-18-14(3-2-7-21-18)19(26)24-10-6-13-15(11-24)22-16(23-17(13)25)12-4-8-20-9-5-12/h2-5,7-9H,6,10-11H2,1H3,(H,22,23,25). The van der Waals surface area contributed by atoms with Gasteiger partial charge in [-0.2, -0.15) is 0 Å². The monoisotopic (exact) mass is 363 g/mol. The van der Waals surface area contributed by atoms with Crippen LogP contribution in [0, 0.1) is 0 Å². The second-order valence-electron chi connectivity index (χ2n) is 6.11. The Kier molecular flexibility index (Phi) is 4.37. The summed E-state index contributed by atoms with van der Waals surface area (Å²) in [6.07, 6.45) is 5.30. The topological polar surface area (TPSA) is 101 Å². The number of ether oxygens (including phenoxy) is 1. The van der Waals surface area contributed by atoms with Crippen molar-refractivity contribution in [2.24, 2.45) is 0 Å². The molecule has 3 aromatic heterocycles. The molecule has 0 saturated carbocycles. The molecule has 0 aliphatic carbocycles. The number of aromatic nitrogens is 4. The molecule has 0 saturated heterocycles. The number of rotatable bonds is 3. The van der Waals surface area contributed by atoms with Crippen LogP contribution in [0.4, 0.5) is 0 Å². The minimum atomic E-state index is -0.196. The van der Waals surface area contributed by atoms with Gasteiger partial charge in [0.2, 0.25) is 5.88 Å². The Hall–Kier alpha value is -3.55. The largest absolute Gasteiger partial charge is 0.480 e. The van der Waals surface area contributed by atoms with Gasteiger partial charge >= 0.3 is 0 Å². The highest BCUT2D eigenvalue weighted by Crippen LogP contribution is 2.22. The van der Waals surface area contributed by atoms with Crippen molar-refractivity contribution in [1.82, 2.24) is 24.8 Å². The van der Waals surface area contributed by atoms with Crippen LogP contribution >= 0.6 is 0 Å². The molecule has 0 radical (unpaired) electrons. The number of methoxy groups -OCH3 is 1. The Bertz CT molecular complexity index is 1050. The Balaban J connectivity index is 1.67. The number of hydrogen-bond acceptors (Lipinski definition) is 6. The van der Waals surface area contributed by atoms with Gasteiger partial charge in [0.15, 0.2) is 0 Å². The van der Waals surface area contributed by atoms with Crippen molar-refractivity contribution in [2.45, 2.75) is 13.0 Å². The maximum atomic E-state index is 12.9. The first-order valence-corrected chi connectivity index (χ1v) is 8.48. The van der Waals surface area contributed by atoms with E-state index >= 15 is 0 Å². The quantitative estimate of drug-likeness (QED) is 0.755. The number of nitrogens with one attached hydrogen (secondary N) is 1. The van der Waals surface area contributed by atoms with E-state index in [1.807, 2.05) is 0 Å². The van der Waals surface area contributed by atoms with E-state index in [4.69, 9.17) is 4.74 Å². The van der Waals surface area contributed by atoms with E-state index < -0.39 is 0 Å². The van der Waals surface area contributed by atoms with Crippen molar-refractivity contribution < 1.29 is 9.53 Å². The van der Waals surface area contributed by atoms with E-state index in [1.54, 1.807) is 47.8 Å². The molecular weight excluding hydrogens is 346 g/mol. The molecule has 8 nitrogen and oxygen atoms in total. The average molecular weight is 363 g/mol. The van der Waals surface area contributed by atoms with Crippen LogP contribution in [0.3, 0.4) is 0 Å². The van der Waals surface area contributed by atoms with E-state index in [0.717, 1.165) is 5.56 Å². The van der Waals surface area contributed by atoms with Gasteiger partial charge < -0.3 is 14.6 Å². The minimum absolute atomic E-state index is 0.169. The third-order valence-electron chi connectivity index (χ3n) is 4.51. The van der Waals surface area contributed by atoms with E-state index in [1.165, 1.54) is 7.11 Å². The Morgan fingerprint density at radius 3 is 2.81 bits per heavy atom. The maximum absolute atomic E-state index is 12.9. The van der Waals surface area contributed by atoms with Crippen LogP contribution in [-0.4, -0.2) is 44.4 Å². The van der Waals surface area contributed by atoms with Crippen LogP contribution < -0.4 is 10.3 Å². The molecule has 8 heteroatoms. The fourth-order valence-corrected chi connectivity index (χ4v) is 3.15. The molecule has 4 rings (SSSR count). The van der Waals surface area contributed by atoms with Gasteiger partial charge in [-0.1, -0.05) is 0 Å². The predicted octanol–water partition coefficient (Wildman–Crippen LogP) is 1.43. The second kappa shape index (κ2) is 6.99. The van der Waals surface area contributed by atoms with Gasteiger partial charge in [0.05, 0.1) is 19.3 Å². The van der Waals surface area contributed by atoms with Crippen molar-refractivity contribution in [3.05, 3.63) is 70.0 Å². The average Bonchev–Trinajstić information content (AvgIpc) is 2.73. The highest BCUT2D eigenvalue weighted by Gasteiger charge is 2.27. The second-order valence-corrected chi connectivity index (χ2v) is 6.11. The minimum Gasteiger partial charge on any atom is -0.480 e. The Labute approximate surface area is 154 Å². The van der Waals surface area contributed by atoms with Gasteiger partial charge in [0, 0.05) is 36.3 Å². The summed E-state index contributed by atoms with van der Waals surface area (Å²) < 4.78 is 5.19. The normalized spacial score (nSPS) is 13.1. The molecule has 0 fully saturated rings. The number of carbonyl (C=O) groups is 1. The Morgan fingerprint density at radius 1 is 1.22 bits per heavy atom. The molecule has 3 aromatic rings. The lowest BCUT2D eigenvalue weighted by molar-refractivity contribution is 0.0727. The highest BCUT2D eigenvalue weighted by molar-refractivity contribution is 5.96. The van der Waals surface area contributed by atoms with Gasteiger partial charge in [0.25, 0.3) is 11.5 Å². The Morgan fingerprint density at radius 2 is 2.04 bits per heavy atom. The lowest BCUT2D eigenvalue weighted by atomic mass is 10.0. The van der Waals surface area contributed by atoms with E-state index in [0.29, 0.717) is 35.6 Å². The first-order chi connectivity index (χ1) is 13.2. The molecule has 1 amide bonds. The van der Waals surface area contributed by atoms with Crippen molar-refractivity contribution >= 4 is 5.91 Å². The summed E-state index contributed by atoms with van der Waals surface area (Å²) in [6, 6.07) is 6.92. The molecule has 27 heavy (non-hydrogen) atoms. The molecule has 0 bridgehead atoms. The van der Waals surface area contributed by atoms with Gasteiger partial charge in [-0.15, -0.1) is 0 Å². The molecule has 1 N–H and O–H groups in total. The van der Waals surface area contributed by atoms with Crippen LogP contribution in [0.15, 0.2) is 47.7 Å². The summed E-state index contributed by atoms with van der Waals surface area (Å²) >= 11 is 0. The van der Waals surface area contributed by atoms with E-state index in [9.17, 15) is 9.59 Å². The predicted molar refractivity (Wildman–Crippen MR) is 97.3 cm³/mol. The number of hydrogen-bond donors (Lipinski definition) is 1. The summed E-state index contributed by atoms with van der Waals surface area (Å²) in [5.41, 5.74) is 2.21. The lowest BCUT2D eigenvalue weighted by Crippen LogP contribution is -2.39.